The van der Waals surface area contributed by atoms with Gasteiger partial charge in [-0.05, 0) is 49.3 Å². The number of piperidine rings is 1. The second-order valence-electron chi connectivity index (χ2n) is 7.88. The molecular formula is C22H26N2. The fourth-order valence-corrected chi connectivity index (χ4v) is 5.81. The lowest BCUT2D eigenvalue weighted by Gasteiger charge is -2.53. The molecule has 24 heavy (non-hydrogen) atoms. The maximum atomic E-state index is 3.90. The van der Waals surface area contributed by atoms with Crippen molar-refractivity contribution in [2.24, 2.45) is 5.92 Å². The number of nitrogens with zero attached hydrogens (tertiary/aromatic N) is 1. The predicted octanol–water partition coefficient (Wildman–Crippen LogP) is 3.78. The molecule has 2 nitrogen and oxygen atoms in total. The molecule has 3 fully saturated rings. The molecule has 124 valence electrons. The van der Waals surface area contributed by atoms with E-state index in [1.807, 2.05) is 0 Å². The van der Waals surface area contributed by atoms with Crippen molar-refractivity contribution < 1.29 is 0 Å². The number of hydrogen-bond acceptors (Lipinski definition) is 2. The molecule has 3 aliphatic heterocycles. The fourth-order valence-electron chi connectivity index (χ4n) is 5.81. The van der Waals surface area contributed by atoms with Crippen LogP contribution in [0.2, 0.25) is 0 Å². The molecule has 0 radical (unpaired) electrons. The molecule has 0 aromatic heterocycles. The Hall–Kier alpha value is -1.64. The van der Waals surface area contributed by atoms with E-state index in [1.165, 1.54) is 49.9 Å². The molecule has 2 heteroatoms. The molecule has 3 aliphatic rings. The van der Waals surface area contributed by atoms with E-state index in [1.54, 1.807) is 0 Å². The summed E-state index contributed by atoms with van der Waals surface area (Å²) in [5.74, 6) is 0.758. The van der Waals surface area contributed by atoms with Crippen molar-refractivity contribution in [1.82, 2.24) is 10.2 Å². The van der Waals surface area contributed by atoms with Crippen LogP contribution < -0.4 is 5.32 Å². The number of rotatable bonds is 2. The lowest BCUT2D eigenvalue weighted by molar-refractivity contribution is 0.00202. The van der Waals surface area contributed by atoms with Crippen molar-refractivity contribution in [2.75, 3.05) is 19.6 Å². The number of nitrogens with one attached hydrogen (secondary N) is 1. The molecule has 0 amide bonds. The van der Waals surface area contributed by atoms with Crippen LogP contribution >= 0.6 is 0 Å². The van der Waals surface area contributed by atoms with Crippen molar-refractivity contribution >= 4 is 0 Å². The molecule has 2 aromatic rings. The first-order valence-corrected chi connectivity index (χ1v) is 9.45. The largest absolute Gasteiger partial charge is 0.299 e. The molecule has 5 rings (SSSR count). The number of hydrogen-bond donors (Lipinski definition) is 1. The second kappa shape index (κ2) is 5.44. The minimum Gasteiger partial charge on any atom is -0.299 e. The van der Waals surface area contributed by atoms with Gasteiger partial charge in [0, 0.05) is 18.5 Å². The van der Waals surface area contributed by atoms with E-state index in [9.17, 15) is 0 Å². The van der Waals surface area contributed by atoms with Gasteiger partial charge in [-0.3, -0.25) is 10.2 Å². The van der Waals surface area contributed by atoms with Gasteiger partial charge in [-0.25, -0.2) is 0 Å². The van der Waals surface area contributed by atoms with Gasteiger partial charge in [0.2, 0.25) is 0 Å². The summed E-state index contributed by atoms with van der Waals surface area (Å²) in [6.45, 7) is 3.57. The third-order valence-electron chi connectivity index (χ3n) is 6.86. The van der Waals surface area contributed by atoms with Crippen LogP contribution in [0.1, 0.15) is 36.8 Å². The van der Waals surface area contributed by atoms with Gasteiger partial charge in [0.15, 0.2) is 0 Å². The van der Waals surface area contributed by atoms with E-state index < -0.39 is 0 Å². The van der Waals surface area contributed by atoms with E-state index >= 15 is 0 Å². The van der Waals surface area contributed by atoms with Crippen molar-refractivity contribution in [3.63, 3.8) is 0 Å². The lowest BCUT2D eigenvalue weighted by Crippen LogP contribution is -2.64. The topological polar surface area (TPSA) is 15.3 Å². The zero-order valence-corrected chi connectivity index (χ0v) is 14.2. The highest BCUT2D eigenvalue weighted by Crippen LogP contribution is 2.53. The Morgan fingerprint density at radius 3 is 2.25 bits per heavy atom. The Kier molecular flexibility index (Phi) is 3.33. The first-order chi connectivity index (χ1) is 11.8. The summed E-state index contributed by atoms with van der Waals surface area (Å²) in [6, 6.07) is 22.5. The van der Waals surface area contributed by atoms with E-state index in [0.717, 1.165) is 12.5 Å². The van der Waals surface area contributed by atoms with Crippen LogP contribution in [0.25, 0.3) is 0 Å². The Balaban J connectivity index is 1.66. The van der Waals surface area contributed by atoms with Crippen LogP contribution in [0.3, 0.4) is 0 Å². The molecule has 2 atom stereocenters. The van der Waals surface area contributed by atoms with Gasteiger partial charge >= 0.3 is 0 Å². The predicted molar refractivity (Wildman–Crippen MR) is 97.9 cm³/mol. The zero-order valence-electron chi connectivity index (χ0n) is 14.2. The molecule has 1 spiro atoms. The average molecular weight is 318 g/mol. The summed E-state index contributed by atoms with van der Waals surface area (Å²) in [6.07, 6.45) is 5.25. The second-order valence-corrected chi connectivity index (χ2v) is 7.88. The minimum absolute atomic E-state index is 0.132. The monoisotopic (exact) mass is 318 g/mol. The normalized spacial score (nSPS) is 31.6. The van der Waals surface area contributed by atoms with Gasteiger partial charge in [-0.1, -0.05) is 60.7 Å². The summed E-state index contributed by atoms with van der Waals surface area (Å²) in [5, 5.41) is 3.90. The summed E-state index contributed by atoms with van der Waals surface area (Å²) in [7, 11) is 0. The highest BCUT2D eigenvalue weighted by molar-refractivity contribution is 5.42. The van der Waals surface area contributed by atoms with Gasteiger partial charge in [-0.15, -0.1) is 0 Å². The minimum atomic E-state index is 0.132. The van der Waals surface area contributed by atoms with Gasteiger partial charge in [0.25, 0.3) is 0 Å². The van der Waals surface area contributed by atoms with Crippen LogP contribution in [-0.2, 0) is 5.41 Å². The molecular weight excluding hydrogens is 292 g/mol. The van der Waals surface area contributed by atoms with Crippen LogP contribution in [0.15, 0.2) is 60.7 Å². The highest BCUT2D eigenvalue weighted by atomic mass is 15.4. The maximum Gasteiger partial charge on any atom is 0.0743 e. The van der Waals surface area contributed by atoms with Gasteiger partial charge in [0.05, 0.1) is 5.66 Å². The van der Waals surface area contributed by atoms with Crippen LogP contribution in [0, 0.1) is 5.92 Å². The zero-order chi connectivity index (χ0) is 16.0. The van der Waals surface area contributed by atoms with Gasteiger partial charge < -0.3 is 0 Å². The SMILES string of the molecule is c1ccc(C2(c3ccccc3)CC3CCNC34CCCN4C2)cc1. The van der Waals surface area contributed by atoms with Crippen molar-refractivity contribution in [2.45, 2.75) is 36.8 Å². The fraction of sp³-hybridized carbons (Fsp3) is 0.455. The van der Waals surface area contributed by atoms with Crippen molar-refractivity contribution in [3.8, 4) is 0 Å². The molecule has 0 bridgehead atoms. The first-order valence-electron chi connectivity index (χ1n) is 9.45. The Morgan fingerprint density at radius 1 is 0.917 bits per heavy atom. The Labute approximate surface area is 144 Å². The van der Waals surface area contributed by atoms with Crippen LogP contribution in [-0.4, -0.2) is 30.2 Å². The van der Waals surface area contributed by atoms with Gasteiger partial charge in [0.1, 0.15) is 0 Å². The molecule has 2 unspecified atom stereocenters. The smallest absolute Gasteiger partial charge is 0.0743 e. The summed E-state index contributed by atoms with van der Waals surface area (Å²) in [5.41, 5.74) is 3.41. The summed E-state index contributed by atoms with van der Waals surface area (Å²) < 4.78 is 0. The molecule has 1 N–H and O–H groups in total. The molecule has 3 saturated heterocycles. The molecule has 0 saturated carbocycles. The number of benzene rings is 2. The summed E-state index contributed by atoms with van der Waals surface area (Å²) >= 11 is 0. The molecule has 2 aromatic carbocycles. The van der Waals surface area contributed by atoms with Crippen LogP contribution in [0.4, 0.5) is 0 Å². The average Bonchev–Trinajstić information content (AvgIpc) is 3.25. The van der Waals surface area contributed by atoms with E-state index in [4.69, 9.17) is 0 Å². The van der Waals surface area contributed by atoms with Crippen LogP contribution in [0.5, 0.6) is 0 Å². The summed E-state index contributed by atoms with van der Waals surface area (Å²) in [4.78, 5) is 2.79. The Morgan fingerprint density at radius 2 is 1.58 bits per heavy atom. The quantitative estimate of drug-likeness (QED) is 0.906. The first kappa shape index (κ1) is 14.7. The molecule has 0 aliphatic carbocycles. The lowest BCUT2D eigenvalue weighted by atomic mass is 9.63. The third-order valence-corrected chi connectivity index (χ3v) is 6.86. The van der Waals surface area contributed by atoms with Crippen molar-refractivity contribution in [1.29, 1.82) is 0 Å². The highest BCUT2D eigenvalue weighted by Gasteiger charge is 2.58. The maximum absolute atomic E-state index is 3.90. The van der Waals surface area contributed by atoms with E-state index in [0.29, 0.717) is 5.66 Å². The molecule has 3 heterocycles. The van der Waals surface area contributed by atoms with Gasteiger partial charge in [-0.2, -0.15) is 0 Å². The van der Waals surface area contributed by atoms with Crippen molar-refractivity contribution in [3.05, 3.63) is 71.8 Å². The standard InChI is InChI=1S/C22H26N2/c1-3-8-18(9-4-1)21(19-10-5-2-6-11-19)16-20-12-14-23-22(20)13-7-15-24(22)17-21/h1-6,8-11,20,23H,7,12-17H2. The van der Waals surface area contributed by atoms with E-state index in [-0.39, 0.29) is 5.41 Å². The third kappa shape index (κ3) is 1.96. The Bertz CT molecular complexity index is 646. The van der Waals surface area contributed by atoms with E-state index in [2.05, 4.69) is 70.9 Å².